The van der Waals surface area contributed by atoms with Gasteiger partial charge in [0.25, 0.3) is 0 Å². The fraction of sp³-hybridized carbons (Fsp3) is 0.278. The number of rotatable bonds is 3. The summed E-state index contributed by atoms with van der Waals surface area (Å²) in [6.07, 6.45) is 0.601. The summed E-state index contributed by atoms with van der Waals surface area (Å²) >= 11 is 5.99. The van der Waals surface area contributed by atoms with E-state index in [0.29, 0.717) is 30.2 Å². The Morgan fingerprint density at radius 2 is 2.17 bits per heavy atom. The summed E-state index contributed by atoms with van der Waals surface area (Å²) < 4.78 is 18.9. The van der Waals surface area contributed by atoms with Crippen molar-refractivity contribution in [3.63, 3.8) is 0 Å². The highest BCUT2D eigenvalue weighted by Gasteiger charge is 2.26. The van der Waals surface area contributed by atoms with E-state index in [1.54, 1.807) is 25.1 Å². The molecule has 1 aliphatic rings. The lowest BCUT2D eigenvalue weighted by Gasteiger charge is -2.24. The van der Waals surface area contributed by atoms with Gasteiger partial charge in [0.2, 0.25) is 5.91 Å². The van der Waals surface area contributed by atoms with Crippen LogP contribution in [0, 0.1) is 18.7 Å². The number of hydrogen-bond acceptors (Lipinski definition) is 2. The van der Waals surface area contributed by atoms with Gasteiger partial charge in [-0.15, -0.1) is 0 Å². The molecule has 0 radical (unpaired) electrons. The number of halogens is 2. The number of carbonyl (C=O) groups excluding carboxylic acids is 1. The monoisotopic (exact) mass is 333 g/mol. The van der Waals surface area contributed by atoms with Crippen LogP contribution in [0.5, 0.6) is 5.75 Å². The number of benzene rings is 2. The number of ether oxygens (including phenoxy) is 1. The Bertz CT molecular complexity index is 748. The summed E-state index contributed by atoms with van der Waals surface area (Å²) in [6, 6.07) is 10.3. The van der Waals surface area contributed by atoms with Crippen LogP contribution in [0.2, 0.25) is 5.02 Å². The van der Waals surface area contributed by atoms with Crippen molar-refractivity contribution in [2.75, 3.05) is 6.61 Å². The Labute approximate surface area is 139 Å². The molecule has 0 saturated carbocycles. The van der Waals surface area contributed by atoms with Crippen LogP contribution in [0.3, 0.4) is 0 Å². The number of fused-ring (bicyclic) bond motifs is 1. The molecule has 2 aromatic rings. The highest BCUT2D eigenvalue weighted by molar-refractivity contribution is 6.30. The summed E-state index contributed by atoms with van der Waals surface area (Å²) in [5.74, 6) is 0.224. The molecule has 3 rings (SSSR count). The fourth-order valence-corrected chi connectivity index (χ4v) is 2.88. The molecule has 1 N–H and O–H groups in total. The zero-order chi connectivity index (χ0) is 16.4. The van der Waals surface area contributed by atoms with E-state index in [9.17, 15) is 9.18 Å². The van der Waals surface area contributed by atoms with Crippen LogP contribution in [0.25, 0.3) is 0 Å². The number of nitrogens with one attached hydrogen (secondary N) is 1. The molecule has 1 amide bonds. The van der Waals surface area contributed by atoms with Crippen molar-refractivity contribution in [3.05, 3.63) is 63.9 Å². The van der Waals surface area contributed by atoms with Gasteiger partial charge in [0.05, 0.1) is 5.92 Å². The molecule has 1 heterocycles. The van der Waals surface area contributed by atoms with E-state index in [4.69, 9.17) is 16.3 Å². The zero-order valence-corrected chi connectivity index (χ0v) is 13.5. The molecule has 0 saturated heterocycles. The van der Waals surface area contributed by atoms with Crippen molar-refractivity contribution in [1.82, 2.24) is 5.32 Å². The first-order chi connectivity index (χ1) is 11.0. The van der Waals surface area contributed by atoms with Crippen molar-refractivity contribution in [1.29, 1.82) is 0 Å². The Morgan fingerprint density at radius 3 is 2.96 bits per heavy atom. The SMILES string of the molecule is Cc1cc(CNC(=O)C2COc3ccc(Cl)cc3C2)ccc1F. The van der Waals surface area contributed by atoms with Crippen LogP contribution >= 0.6 is 11.6 Å². The minimum Gasteiger partial charge on any atom is -0.492 e. The van der Waals surface area contributed by atoms with E-state index in [1.807, 2.05) is 12.1 Å². The van der Waals surface area contributed by atoms with Crippen molar-refractivity contribution in [2.24, 2.45) is 5.92 Å². The Hall–Kier alpha value is -2.07. The van der Waals surface area contributed by atoms with Gasteiger partial charge >= 0.3 is 0 Å². The first-order valence-corrected chi connectivity index (χ1v) is 7.84. The van der Waals surface area contributed by atoms with Crippen LogP contribution in [0.4, 0.5) is 4.39 Å². The van der Waals surface area contributed by atoms with E-state index in [0.717, 1.165) is 16.9 Å². The van der Waals surface area contributed by atoms with E-state index in [1.165, 1.54) is 6.07 Å². The van der Waals surface area contributed by atoms with E-state index >= 15 is 0 Å². The molecular weight excluding hydrogens is 317 g/mol. The fourth-order valence-electron chi connectivity index (χ4n) is 2.68. The average molecular weight is 334 g/mol. The van der Waals surface area contributed by atoms with E-state index in [-0.39, 0.29) is 17.6 Å². The summed E-state index contributed by atoms with van der Waals surface area (Å²) in [5.41, 5.74) is 2.39. The van der Waals surface area contributed by atoms with Gasteiger partial charge in [0, 0.05) is 11.6 Å². The van der Waals surface area contributed by atoms with Gasteiger partial charge in [-0.05, 0) is 54.3 Å². The third-order valence-electron chi connectivity index (χ3n) is 3.99. The standard InChI is InChI=1S/C18H17ClFNO2/c1-11-6-12(2-4-16(11)20)9-21-18(22)14-7-13-8-15(19)3-5-17(13)23-10-14/h2-6,8,14H,7,9-10H2,1H3,(H,21,22). The molecule has 23 heavy (non-hydrogen) atoms. The number of aryl methyl sites for hydroxylation is 1. The second-order valence-electron chi connectivity index (χ2n) is 5.77. The van der Waals surface area contributed by atoms with Crippen LogP contribution in [0.15, 0.2) is 36.4 Å². The molecule has 5 heteroatoms. The largest absolute Gasteiger partial charge is 0.492 e. The molecule has 2 aromatic carbocycles. The maximum Gasteiger partial charge on any atom is 0.227 e. The van der Waals surface area contributed by atoms with Gasteiger partial charge in [-0.25, -0.2) is 4.39 Å². The molecule has 3 nitrogen and oxygen atoms in total. The highest BCUT2D eigenvalue weighted by atomic mass is 35.5. The zero-order valence-electron chi connectivity index (χ0n) is 12.7. The van der Waals surface area contributed by atoms with Gasteiger partial charge in [-0.2, -0.15) is 0 Å². The quantitative estimate of drug-likeness (QED) is 0.931. The first kappa shape index (κ1) is 15.8. The van der Waals surface area contributed by atoms with Crippen molar-refractivity contribution < 1.29 is 13.9 Å². The smallest absolute Gasteiger partial charge is 0.227 e. The minimum atomic E-state index is -0.248. The van der Waals surface area contributed by atoms with Gasteiger partial charge in [0.1, 0.15) is 18.2 Å². The third kappa shape index (κ3) is 3.64. The molecule has 0 spiro atoms. The minimum absolute atomic E-state index is 0.0717. The molecule has 0 fully saturated rings. The maximum atomic E-state index is 13.2. The third-order valence-corrected chi connectivity index (χ3v) is 4.22. The molecule has 1 unspecified atom stereocenters. The van der Waals surface area contributed by atoms with Crippen LogP contribution < -0.4 is 10.1 Å². The Balaban J connectivity index is 1.62. The predicted molar refractivity (Wildman–Crippen MR) is 87.1 cm³/mol. The van der Waals surface area contributed by atoms with Crippen LogP contribution in [-0.2, 0) is 17.8 Å². The first-order valence-electron chi connectivity index (χ1n) is 7.47. The second-order valence-corrected chi connectivity index (χ2v) is 6.20. The molecule has 0 aliphatic carbocycles. The van der Waals surface area contributed by atoms with Crippen molar-refractivity contribution in [2.45, 2.75) is 19.9 Å². The Kier molecular flexibility index (Phi) is 4.53. The summed E-state index contributed by atoms with van der Waals surface area (Å²) in [7, 11) is 0. The van der Waals surface area contributed by atoms with Gasteiger partial charge in [-0.1, -0.05) is 23.7 Å². The summed E-state index contributed by atoms with van der Waals surface area (Å²) in [5, 5.41) is 3.52. The highest BCUT2D eigenvalue weighted by Crippen LogP contribution is 2.29. The lowest BCUT2D eigenvalue weighted by Crippen LogP contribution is -2.37. The second kappa shape index (κ2) is 6.59. The number of hydrogen-bond donors (Lipinski definition) is 1. The predicted octanol–water partition coefficient (Wildman–Crippen LogP) is 3.66. The molecule has 120 valence electrons. The molecule has 0 bridgehead atoms. The van der Waals surface area contributed by atoms with Gasteiger partial charge in [0.15, 0.2) is 0 Å². The lowest BCUT2D eigenvalue weighted by molar-refractivity contribution is -0.126. The van der Waals surface area contributed by atoms with Crippen LogP contribution in [-0.4, -0.2) is 12.5 Å². The van der Waals surface area contributed by atoms with Gasteiger partial charge in [-0.3, -0.25) is 4.79 Å². The lowest BCUT2D eigenvalue weighted by atomic mass is 9.96. The van der Waals surface area contributed by atoms with Gasteiger partial charge < -0.3 is 10.1 Å². The number of carbonyl (C=O) groups is 1. The molecular formula is C18H17ClFNO2. The Morgan fingerprint density at radius 1 is 1.35 bits per heavy atom. The van der Waals surface area contributed by atoms with E-state index in [2.05, 4.69) is 5.32 Å². The summed E-state index contributed by atoms with van der Waals surface area (Å²) in [6.45, 7) is 2.43. The molecule has 0 aromatic heterocycles. The normalized spacial score (nSPS) is 16.4. The summed E-state index contributed by atoms with van der Waals surface area (Å²) in [4.78, 5) is 12.3. The van der Waals surface area contributed by atoms with Crippen LogP contribution in [0.1, 0.15) is 16.7 Å². The maximum absolute atomic E-state index is 13.2. The van der Waals surface area contributed by atoms with Crippen molar-refractivity contribution >= 4 is 17.5 Å². The molecule has 1 aliphatic heterocycles. The number of amides is 1. The topological polar surface area (TPSA) is 38.3 Å². The van der Waals surface area contributed by atoms with Crippen molar-refractivity contribution in [3.8, 4) is 5.75 Å². The molecule has 1 atom stereocenters. The van der Waals surface area contributed by atoms with E-state index < -0.39 is 0 Å². The average Bonchev–Trinajstić information content (AvgIpc) is 2.55.